The van der Waals surface area contributed by atoms with E-state index in [0.717, 1.165) is 22.4 Å². The lowest BCUT2D eigenvalue weighted by atomic mass is 9.81. The van der Waals surface area contributed by atoms with Crippen LogP contribution < -0.4 is 21.3 Å². The fourth-order valence-electron chi connectivity index (χ4n) is 5.96. The van der Waals surface area contributed by atoms with Gasteiger partial charge in [-0.15, -0.1) is 0 Å². The van der Waals surface area contributed by atoms with Crippen LogP contribution in [0.25, 0.3) is 22.3 Å². The van der Waals surface area contributed by atoms with Crippen LogP contribution >= 0.6 is 0 Å². The topological polar surface area (TPSA) is 101 Å². The third kappa shape index (κ3) is 5.28. The molecule has 1 fully saturated rings. The van der Waals surface area contributed by atoms with Gasteiger partial charge in [0.1, 0.15) is 11.3 Å². The first kappa shape index (κ1) is 28.2. The molecule has 0 bridgehead atoms. The molecule has 2 aromatic heterocycles. The van der Waals surface area contributed by atoms with Gasteiger partial charge in [-0.25, -0.2) is 4.79 Å². The van der Waals surface area contributed by atoms with Crippen LogP contribution in [0.2, 0.25) is 0 Å². The highest BCUT2D eigenvalue weighted by Crippen LogP contribution is 2.33. The van der Waals surface area contributed by atoms with Gasteiger partial charge in [0, 0.05) is 38.9 Å². The molecule has 0 radical (unpaired) electrons. The first-order chi connectivity index (χ1) is 20.9. The number of aromatic nitrogens is 3. The summed E-state index contributed by atoms with van der Waals surface area (Å²) in [5.74, 6) is 0.486. The molecule has 0 spiro atoms. The number of nitrogens with zero attached hydrogens (tertiary/aromatic N) is 3. The van der Waals surface area contributed by atoms with Gasteiger partial charge in [0.2, 0.25) is 0 Å². The fourth-order valence-corrected chi connectivity index (χ4v) is 5.96. The Morgan fingerprint density at radius 3 is 2.21 bits per heavy atom. The van der Waals surface area contributed by atoms with Crippen molar-refractivity contribution in [1.82, 2.24) is 24.3 Å². The Morgan fingerprint density at radius 1 is 0.930 bits per heavy atom. The van der Waals surface area contributed by atoms with Gasteiger partial charge in [-0.05, 0) is 53.4 Å². The van der Waals surface area contributed by atoms with Crippen molar-refractivity contribution in [2.24, 2.45) is 7.05 Å². The zero-order valence-electron chi connectivity index (χ0n) is 24.4. The molecule has 1 aliphatic heterocycles. The molecule has 2 N–H and O–H groups in total. The lowest BCUT2D eigenvalue weighted by molar-refractivity contribution is -0.135. The zero-order chi connectivity index (χ0) is 30.0. The summed E-state index contributed by atoms with van der Waals surface area (Å²) in [5, 5.41) is 3.70. The predicted molar refractivity (Wildman–Crippen MR) is 167 cm³/mol. The molecular weight excluding hydrogens is 542 g/mol. The summed E-state index contributed by atoms with van der Waals surface area (Å²) < 4.78 is 8.68. The molecule has 9 heteroatoms. The van der Waals surface area contributed by atoms with Crippen LogP contribution in [0, 0.1) is 0 Å². The molecule has 43 heavy (non-hydrogen) atoms. The third-order valence-electron chi connectivity index (χ3n) is 8.23. The molecule has 0 unspecified atom stereocenters. The second-order valence-electron chi connectivity index (χ2n) is 10.9. The molecule has 1 amide bonds. The number of aromatic amines is 1. The van der Waals surface area contributed by atoms with Crippen molar-refractivity contribution in [2.45, 2.75) is 25.4 Å². The van der Waals surface area contributed by atoms with Crippen LogP contribution in [0.4, 0.5) is 0 Å². The van der Waals surface area contributed by atoms with Crippen molar-refractivity contribution >= 4 is 16.9 Å². The first-order valence-electron chi connectivity index (χ1n) is 14.6. The largest absolute Gasteiger partial charge is 0.484 e. The van der Waals surface area contributed by atoms with E-state index < -0.39 is 5.54 Å². The summed E-state index contributed by atoms with van der Waals surface area (Å²) in [7, 11) is 1.67. The highest BCUT2D eigenvalue weighted by Gasteiger charge is 2.40. The predicted octanol–water partition coefficient (Wildman–Crippen LogP) is 3.86. The van der Waals surface area contributed by atoms with Gasteiger partial charge in [-0.1, -0.05) is 67.6 Å². The van der Waals surface area contributed by atoms with E-state index in [9.17, 15) is 14.4 Å². The molecule has 0 saturated carbocycles. The molecule has 3 heterocycles. The van der Waals surface area contributed by atoms with E-state index in [4.69, 9.17) is 4.74 Å². The maximum absolute atomic E-state index is 13.4. The molecular formula is C34H35N5O4. The van der Waals surface area contributed by atoms with Gasteiger partial charge in [0.05, 0.1) is 11.1 Å². The Kier molecular flexibility index (Phi) is 7.73. The summed E-state index contributed by atoms with van der Waals surface area (Å²) >= 11 is 0. The maximum atomic E-state index is 13.4. The average Bonchev–Trinajstić information content (AvgIpc) is 3.52. The van der Waals surface area contributed by atoms with Gasteiger partial charge in [0.25, 0.3) is 11.5 Å². The lowest BCUT2D eigenvalue weighted by Gasteiger charge is -2.44. The Balaban J connectivity index is 1.17. The number of piperazine rings is 1. The summed E-state index contributed by atoms with van der Waals surface area (Å²) in [6.45, 7) is 3.96. The molecule has 6 rings (SSSR count). The molecule has 1 saturated heterocycles. The highest BCUT2D eigenvalue weighted by molar-refractivity contribution is 5.82. The van der Waals surface area contributed by atoms with Gasteiger partial charge in [0.15, 0.2) is 6.61 Å². The maximum Gasteiger partial charge on any atom is 0.331 e. The smallest absolute Gasteiger partial charge is 0.331 e. The number of fused-ring (bicyclic) bond motifs is 1. The fraction of sp³-hybridized carbons (Fsp3) is 0.265. The number of hydrogen-bond acceptors (Lipinski definition) is 5. The first-order valence-corrected chi connectivity index (χ1v) is 14.6. The minimum absolute atomic E-state index is 0.0789. The van der Waals surface area contributed by atoms with Gasteiger partial charge >= 0.3 is 5.69 Å². The van der Waals surface area contributed by atoms with E-state index in [0.29, 0.717) is 49.4 Å². The van der Waals surface area contributed by atoms with E-state index in [2.05, 4.69) is 34.6 Å². The van der Waals surface area contributed by atoms with Crippen molar-refractivity contribution in [3.63, 3.8) is 0 Å². The minimum atomic E-state index is -0.513. The number of nitrogens with one attached hydrogen (secondary N) is 2. The van der Waals surface area contributed by atoms with E-state index in [1.807, 2.05) is 66.4 Å². The molecule has 220 valence electrons. The zero-order valence-corrected chi connectivity index (χ0v) is 24.4. The van der Waals surface area contributed by atoms with Crippen molar-refractivity contribution in [3.8, 4) is 17.0 Å². The van der Waals surface area contributed by atoms with E-state index in [1.54, 1.807) is 19.2 Å². The molecule has 5 aromatic rings. The van der Waals surface area contributed by atoms with Crippen LogP contribution in [-0.2, 0) is 23.9 Å². The van der Waals surface area contributed by atoms with E-state index in [1.165, 1.54) is 9.13 Å². The standard InChI is InChI=1S/C34H35N5O4/c1-3-19-39-32(41)31-29(37(2)33(39)42)21-28(36-31)24-14-16-27(17-15-24)43-22-30(40)38-20-18-35-34(23-38,25-10-6-4-7-11-25)26-12-8-5-9-13-26/h4-17,21,35-36H,3,18-20,22-23H2,1-2H3. The Bertz CT molecular complexity index is 1820. The van der Waals surface area contributed by atoms with Crippen molar-refractivity contribution in [3.05, 3.63) is 123 Å². The SMILES string of the molecule is CCCn1c(=O)c2[nH]c(-c3ccc(OCC(=O)N4CCNC(c5ccccc5)(c5ccccc5)C4)cc3)cc2n(C)c1=O. The Labute approximate surface area is 249 Å². The minimum Gasteiger partial charge on any atom is -0.484 e. The molecule has 1 aliphatic rings. The van der Waals surface area contributed by atoms with Gasteiger partial charge in [-0.2, -0.15) is 0 Å². The number of H-pyrrole nitrogens is 1. The molecule has 3 aromatic carbocycles. The number of hydrogen-bond donors (Lipinski definition) is 2. The number of rotatable bonds is 8. The number of carbonyl (C=O) groups is 1. The number of aryl methyl sites for hydroxylation is 1. The average molecular weight is 578 g/mol. The molecule has 0 atom stereocenters. The normalized spacial score (nSPS) is 14.6. The van der Waals surface area contributed by atoms with Gasteiger partial charge in [-0.3, -0.25) is 18.7 Å². The van der Waals surface area contributed by atoms with Crippen molar-refractivity contribution in [1.29, 1.82) is 0 Å². The summed E-state index contributed by atoms with van der Waals surface area (Å²) in [6, 6.07) is 29.6. The number of amides is 1. The van der Waals surface area contributed by atoms with Crippen LogP contribution in [0.3, 0.4) is 0 Å². The summed E-state index contributed by atoms with van der Waals surface area (Å²) in [4.78, 5) is 44.0. The highest BCUT2D eigenvalue weighted by atomic mass is 16.5. The van der Waals surface area contributed by atoms with Crippen LogP contribution in [0.5, 0.6) is 5.75 Å². The van der Waals surface area contributed by atoms with Crippen LogP contribution in [0.1, 0.15) is 24.5 Å². The van der Waals surface area contributed by atoms with E-state index in [-0.39, 0.29) is 23.8 Å². The summed E-state index contributed by atoms with van der Waals surface area (Å²) in [6.07, 6.45) is 0.688. The quantitative estimate of drug-likeness (QED) is 0.292. The second-order valence-corrected chi connectivity index (χ2v) is 10.9. The van der Waals surface area contributed by atoms with Crippen molar-refractivity contribution in [2.75, 3.05) is 26.2 Å². The third-order valence-corrected chi connectivity index (χ3v) is 8.23. The van der Waals surface area contributed by atoms with Crippen molar-refractivity contribution < 1.29 is 9.53 Å². The van der Waals surface area contributed by atoms with E-state index >= 15 is 0 Å². The molecule has 0 aliphatic carbocycles. The monoisotopic (exact) mass is 577 g/mol. The second kappa shape index (κ2) is 11.8. The number of benzene rings is 3. The Morgan fingerprint density at radius 2 is 1.58 bits per heavy atom. The lowest BCUT2D eigenvalue weighted by Crippen LogP contribution is -2.60. The number of ether oxygens (including phenoxy) is 1. The number of carbonyl (C=O) groups excluding carboxylic acids is 1. The summed E-state index contributed by atoms with van der Waals surface area (Å²) in [5.41, 5.74) is 3.57. The van der Waals surface area contributed by atoms with Crippen LogP contribution in [0.15, 0.2) is 101 Å². The molecule has 9 nitrogen and oxygen atoms in total. The van der Waals surface area contributed by atoms with Crippen LogP contribution in [-0.4, -0.2) is 51.2 Å². The van der Waals surface area contributed by atoms with Gasteiger partial charge < -0.3 is 19.9 Å². The Hall–Kier alpha value is -4.89.